The molecule has 1 aliphatic heterocycles. The summed E-state index contributed by atoms with van der Waals surface area (Å²) >= 11 is 9.09. The van der Waals surface area contributed by atoms with E-state index < -0.39 is 11.9 Å². The minimum absolute atomic E-state index is 0.0180. The lowest BCUT2D eigenvalue weighted by Gasteiger charge is -2.13. The van der Waals surface area contributed by atoms with Gasteiger partial charge in [0.05, 0.1) is 5.02 Å². The summed E-state index contributed by atoms with van der Waals surface area (Å²) in [6.07, 6.45) is 0. The molecule has 1 unspecified atom stereocenters. The number of carbonyl (C=O) groups excluding carboxylic acids is 1. The maximum absolute atomic E-state index is 13.1. The molecule has 2 aromatic carbocycles. The molecule has 0 saturated carbocycles. The van der Waals surface area contributed by atoms with E-state index in [1.807, 2.05) is 18.2 Å². The summed E-state index contributed by atoms with van der Waals surface area (Å²) in [7, 11) is 0. The Morgan fingerprint density at radius 2 is 2.05 bits per heavy atom. The minimum Gasteiger partial charge on any atom is -0.370 e. The highest BCUT2D eigenvalue weighted by atomic mass is 79.9. The van der Waals surface area contributed by atoms with Gasteiger partial charge >= 0.3 is 0 Å². The first-order valence-electron chi connectivity index (χ1n) is 5.86. The molecule has 0 aromatic heterocycles. The molecule has 0 spiro atoms. The van der Waals surface area contributed by atoms with Crippen molar-refractivity contribution in [2.45, 2.75) is 6.04 Å². The lowest BCUT2D eigenvalue weighted by atomic mass is 10.1. The Balaban J connectivity index is 1.92. The second-order valence-corrected chi connectivity index (χ2v) is 5.75. The van der Waals surface area contributed by atoms with Crippen LogP contribution in [0, 0.1) is 5.82 Å². The van der Waals surface area contributed by atoms with Crippen molar-refractivity contribution in [3.8, 4) is 0 Å². The third-order valence-corrected chi connectivity index (χ3v) is 3.86. The number of halogens is 3. The van der Waals surface area contributed by atoms with Crippen molar-refractivity contribution in [1.29, 1.82) is 0 Å². The van der Waals surface area contributed by atoms with Crippen molar-refractivity contribution in [3.05, 3.63) is 57.3 Å². The van der Waals surface area contributed by atoms with E-state index in [1.165, 1.54) is 12.1 Å². The summed E-state index contributed by atoms with van der Waals surface area (Å²) in [6.45, 7) is 0. The van der Waals surface area contributed by atoms with Gasteiger partial charge in [-0.3, -0.25) is 4.79 Å². The van der Waals surface area contributed by atoms with E-state index in [1.54, 1.807) is 6.07 Å². The van der Waals surface area contributed by atoms with Crippen molar-refractivity contribution in [2.24, 2.45) is 0 Å². The standard InChI is InChI=1S/C14H9BrClFN2O/c15-7-1-3-9-12(5-7)19-14(20)13(9)18-8-2-4-11(17)10(16)6-8/h1-6,13,18H,(H,19,20). The third-order valence-electron chi connectivity index (χ3n) is 3.08. The Kier molecular flexibility index (Phi) is 3.40. The molecule has 0 bridgehead atoms. The quantitative estimate of drug-likeness (QED) is 0.841. The van der Waals surface area contributed by atoms with Gasteiger partial charge in [0.25, 0.3) is 5.91 Å². The molecule has 1 atom stereocenters. The van der Waals surface area contributed by atoms with Gasteiger partial charge in [0.15, 0.2) is 0 Å². The summed E-state index contributed by atoms with van der Waals surface area (Å²) in [5.41, 5.74) is 2.20. The number of hydrogen-bond donors (Lipinski definition) is 2. The zero-order valence-electron chi connectivity index (χ0n) is 10.1. The van der Waals surface area contributed by atoms with Crippen molar-refractivity contribution >= 4 is 44.8 Å². The van der Waals surface area contributed by atoms with E-state index in [4.69, 9.17) is 11.6 Å². The molecule has 2 N–H and O–H groups in total. The van der Waals surface area contributed by atoms with Crippen LogP contribution in [-0.2, 0) is 4.79 Å². The minimum atomic E-state index is -0.514. The zero-order valence-corrected chi connectivity index (χ0v) is 12.4. The number of anilines is 2. The highest BCUT2D eigenvalue weighted by Gasteiger charge is 2.30. The number of nitrogens with one attached hydrogen (secondary N) is 2. The van der Waals surface area contributed by atoms with Crippen molar-refractivity contribution in [3.63, 3.8) is 0 Å². The van der Waals surface area contributed by atoms with Crippen LogP contribution in [0.5, 0.6) is 0 Å². The summed E-state index contributed by atoms with van der Waals surface area (Å²) in [5, 5.41) is 5.87. The third kappa shape index (κ3) is 2.39. The molecule has 0 saturated heterocycles. The zero-order chi connectivity index (χ0) is 14.3. The van der Waals surface area contributed by atoms with E-state index in [-0.39, 0.29) is 10.9 Å². The van der Waals surface area contributed by atoms with Crippen LogP contribution in [0.1, 0.15) is 11.6 Å². The lowest BCUT2D eigenvalue weighted by molar-refractivity contribution is -0.116. The molecular formula is C14H9BrClFN2O. The van der Waals surface area contributed by atoms with Crippen molar-refractivity contribution in [2.75, 3.05) is 10.6 Å². The van der Waals surface area contributed by atoms with Crippen LogP contribution in [0.3, 0.4) is 0 Å². The normalized spacial score (nSPS) is 16.8. The molecule has 0 aliphatic carbocycles. The molecule has 3 nitrogen and oxygen atoms in total. The molecule has 20 heavy (non-hydrogen) atoms. The Morgan fingerprint density at radius 1 is 1.25 bits per heavy atom. The number of amides is 1. The molecule has 2 aromatic rings. The largest absolute Gasteiger partial charge is 0.370 e. The van der Waals surface area contributed by atoms with Gasteiger partial charge < -0.3 is 10.6 Å². The van der Waals surface area contributed by atoms with E-state index in [0.29, 0.717) is 5.69 Å². The fraction of sp³-hybridized carbons (Fsp3) is 0.0714. The van der Waals surface area contributed by atoms with Gasteiger partial charge in [0, 0.05) is 21.4 Å². The fourth-order valence-corrected chi connectivity index (χ4v) is 2.67. The number of carbonyl (C=O) groups is 1. The summed E-state index contributed by atoms with van der Waals surface area (Å²) in [4.78, 5) is 12.0. The van der Waals surface area contributed by atoms with Crippen LogP contribution in [0.4, 0.5) is 15.8 Å². The van der Waals surface area contributed by atoms with Crippen LogP contribution < -0.4 is 10.6 Å². The van der Waals surface area contributed by atoms with Crippen molar-refractivity contribution in [1.82, 2.24) is 0 Å². The maximum atomic E-state index is 13.1. The SMILES string of the molecule is O=C1Nc2cc(Br)ccc2C1Nc1ccc(F)c(Cl)c1. The molecule has 3 rings (SSSR count). The smallest absolute Gasteiger partial charge is 0.251 e. The lowest BCUT2D eigenvalue weighted by Crippen LogP contribution is -2.19. The molecule has 1 aliphatic rings. The van der Waals surface area contributed by atoms with Gasteiger partial charge in [0.1, 0.15) is 11.9 Å². The first kappa shape index (κ1) is 13.4. The fourth-order valence-electron chi connectivity index (χ4n) is 2.13. The summed E-state index contributed by atoms with van der Waals surface area (Å²) < 4.78 is 14.0. The molecule has 6 heteroatoms. The molecule has 0 fully saturated rings. The number of benzene rings is 2. The van der Waals surface area contributed by atoms with Crippen LogP contribution in [0.25, 0.3) is 0 Å². The van der Waals surface area contributed by atoms with E-state index in [0.717, 1.165) is 15.7 Å². The summed E-state index contributed by atoms with van der Waals surface area (Å²) in [5.74, 6) is -0.643. The van der Waals surface area contributed by atoms with E-state index >= 15 is 0 Å². The number of rotatable bonds is 2. The van der Waals surface area contributed by atoms with E-state index in [2.05, 4.69) is 26.6 Å². The Labute approximate surface area is 128 Å². The van der Waals surface area contributed by atoms with Gasteiger partial charge in [-0.2, -0.15) is 0 Å². The van der Waals surface area contributed by atoms with Gasteiger partial charge in [-0.25, -0.2) is 4.39 Å². The first-order valence-corrected chi connectivity index (χ1v) is 7.03. The monoisotopic (exact) mass is 354 g/mol. The van der Waals surface area contributed by atoms with Crippen LogP contribution in [0.2, 0.25) is 5.02 Å². The second-order valence-electron chi connectivity index (χ2n) is 4.43. The van der Waals surface area contributed by atoms with Crippen LogP contribution in [0.15, 0.2) is 40.9 Å². The van der Waals surface area contributed by atoms with Crippen LogP contribution >= 0.6 is 27.5 Å². The molecule has 1 amide bonds. The Bertz CT molecular complexity index is 708. The van der Waals surface area contributed by atoms with Gasteiger partial charge in [-0.15, -0.1) is 0 Å². The number of fused-ring (bicyclic) bond motifs is 1. The van der Waals surface area contributed by atoms with Gasteiger partial charge in [0.2, 0.25) is 0 Å². The number of hydrogen-bond acceptors (Lipinski definition) is 2. The molecule has 102 valence electrons. The Morgan fingerprint density at radius 3 is 2.80 bits per heavy atom. The molecule has 0 radical (unpaired) electrons. The maximum Gasteiger partial charge on any atom is 0.251 e. The average molecular weight is 356 g/mol. The second kappa shape index (κ2) is 5.07. The van der Waals surface area contributed by atoms with Crippen LogP contribution in [-0.4, -0.2) is 5.91 Å². The highest BCUT2D eigenvalue weighted by Crippen LogP contribution is 2.35. The van der Waals surface area contributed by atoms with Crippen molar-refractivity contribution < 1.29 is 9.18 Å². The highest BCUT2D eigenvalue weighted by molar-refractivity contribution is 9.10. The average Bonchev–Trinajstić information content (AvgIpc) is 2.69. The predicted octanol–water partition coefficient (Wildman–Crippen LogP) is 4.35. The predicted molar refractivity (Wildman–Crippen MR) is 80.5 cm³/mol. The molecule has 1 heterocycles. The van der Waals surface area contributed by atoms with Gasteiger partial charge in [-0.05, 0) is 30.3 Å². The van der Waals surface area contributed by atoms with E-state index in [9.17, 15) is 9.18 Å². The molecular weight excluding hydrogens is 347 g/mol. The topological polar surface area (TPSA) is 41.1 Å². The first-order chi connectivity index (χ1) is 9.54. The summed E-state index contributed by atoms with van der Waals surface area (Å²) in [6, 6.07) is 9.32. The van der Waals surface area contributed by atoms with Gasteiger partial charge in [-0.1, -0.05) is 33.6 Å². The Hall–Kier alpha value is -1.59.